The molecular formula is C16H17N3O. The number of fused-ring (bicyclic) bond motifs is 1. The van der Waals surface area contributed by atoms with Gasteiger partial charge in [0.05, 0.1) is 13.7 Å². The molecule has 0 fully saturated rings. The van der Waals surface area contributed by atoms with Crippen molar-refractivity contribution < 1.29 is 4.74 Å². The largest absolute Gasteiger partial charge is 0.496 e. The van der Waals surface area contributed by atoms with Crippen molar-refractivity contribution in [3.8, 4) is 5.75 Å². The molecule has 0 bridgehead atoms. The second-order valence-electron chi connectivity index (χ2n) is 4.61. The molecule has 102 valence electrons. The van der Waals surface area contributed by atoms with Crippen LogP contribution < -0.4 is 10.1 Å². The van der Waals surface area contributed by atoms with Crippen molar-refractivity contribution in [2.75, 3.05) is 7.11 Å². The molecule has 1 aromatic heterocycles. The molecule has 0 radical (unpaired) electrons. The Labute approximate surface area is 117 Å². The van der Waals surface area contributed by atoms with Gasteiger partial charge in [-0.05, 0) is 17.0 Å². The average molecular weight is 267 g/mol. The predicted molar refractivity (Wildman–Crippen MR) is 79.6 cm³/mol. The van der Waals surface area contributed by atoms with Crippen LogP contribution >= 0.6 is 0 Å². The zero-order chi connectivity index (χ0) is 13.8. The molecule has 3 aromatic rings. The second kappa shape index (κ2) is 5.75. The maximum Gasteiger partial charge on any atom is 0.126 e. The lowest BCUT2D eigenvalue weighted by Gasteiger charge is -2.11. The number of methoxy groups -OCH3 is 1. The van der Waals surface area contributed by atoms with E-state index in [9.17, 15) is 0 Å². The minimum Gasteiger partial charge on any atom is -0.496 e. The Balaban J connectivity index is 1.81. The number of rotatable bonds is 5. The molecule has 2 N–H and O–H groups in total. The summed E-state index contributed by atoms with van der Waals surface area (Å²) in [5.41, 5.74) is 1.26. The van der Waals surface area contributed by atoms with E-state index in [1.165, 1.54) is 10.9 Å². The lowest BCUT2D eigenvalue weighted by atomic mass is 10.0. The topological polar surface area (TPSA) is 49.9 Å². The Morgan fingerprint density at radius 3 is 2.70 bits per heavy atom. The number of hydrogen-bond donors (Lipinski definition) is 2. The number of aromatic nitrogens is 2. The monoisotopic (exact) mass is 267 g/mol. The van der Waals surface area contributed by atoms with Crippen LogP contribution in [0.3, 0.4) is 0 Å². The van der Waals surface area contributed by atoms with Gasteiger partial charge in [-0.2, -0.15) is 0 Å². The minimum absolute atomic E-state index is 0.730. The van der Waals surface area contributed by atoms with Crippen molar-refractivity contribution >= 4 is 10.8 Å². The van der Waals surface area contributed by atoms with Crippen LogP contribution in [0.25, 0.3) is 10.8 Å². The molecule has 0 spiro atoms. The van der Waals surface area contributed by atoms with Crippen molar-refractivity contribution in [3.63, 3.8) is 0 Å². The van der Waals surface area contributed by atoms with Gasteiger partial charge in [0, 0.05) is 24.3 Å². The van der Waals surface area contributed by atoms with Gasteiger partial charge in [0.2, 0.25) is 0 Å². The van der Waals surface area contributed by atoms with E-state index in [0.717, 1.165) is 30.0 Å². The van der Waals surface area contributed by atoms with Crippen LogP contribution in [0.1, 0.15) is 11.4 Å². The molecule has 0 amide bonds. The Kier molecular flexibility index (Phi) is 3.65. The Hall–Kier alpha value is -2.33. The van der Waals surface area contributed by atoms with Gasteiger partial charge in [-0.1, -0.05) is 30.3 Å². The molecule has 0 saturated carbocycles. The maximum atomic E-state index is 5.41. The van der Waals surface area contributed by atoms with Gasteiger partial charge in [0.15, 0.2) is 0 Å². The van der Waals surface area contributed by atoms with Gasteiger partial charge in [-0.15, -0.1) is 0 Å². The first-order valence-electron chi connectivity index (χ1n) is 6.62. The summed E-state index contributed by atoms with van der Waals surface area (Å²) in [7, 11) is 1.70. The van der Waals surface area contributed by atoms with Crippen molar-refractivity contribution in [2.24, 2.45) is 0 Å². The van der Waals surface area contributed by atoms with E-state index < -0.39 is 0 Å². The zero-order valence-electron chi connectivity index (χ0n) is 11.4. The van der Waals surface area contributed by atoms with Gasteiger partial charge in [0.25, 0.3) is 0 Å². The standard InChI is InChI=1S/C16H17N3O/c1-20-15-7-6-12(13-4-2-3-5-14(13)15)10-17-11-16-18-8-9-19-16/h2-9,17H,10-11H2,1H3,(H,18,19). The van der Waals surface area contributed by atoms with E-state index in [4.69, 9.17) is 4.74 Å². The van der Waals surface area contributed by atoms with Crippen molar-refractivity contribution in [1.29, 1.82) is 0 Å². The number of ether oxygens (including phenoxy) is 1. The molecule has 0 unspecified atom stereocenters. The third-order valence-electron chi connectivity index (χ3n) is 3.36. The highest BCUT2D eigenvalue weighted by molar-refractivity contribution is 5.91. The molecule has 4 nitrogen and oxygen atoms in total. The van der Waals surface area contributed by atoms with Crippen LogP contribution in [0.2, 0.25) is 0 Å². The van der Waals surface area contributed by atoms with E-state index in [1.807, 2.05) is 18.3 Å². The van der Waals surface area contributed by atoms with Gasteiger partial charge < -0.3 is 15.0 Å². The molecule has 0 atom stereocenters. The molecule has 0 saturated heterocycles. The number of H-pyrrole nitrogens is 1. The lowest BCUT2D eigenvalue weighted by Crippen LogP contribution is -2.14. The highest BCUT2D eigenvalue weighted by atomic mass is 16.5. The number of nitrogens with zero attached hydrogens (tertiary/aromatic N) is 1. The van der Waals surface area contributed by atoms with Crippen LogP contribution in [0, 0.1) is 0 Å². The number of benzene rings is 2. The summed E-state index contributed by atoms with van der Waals surface area (Å²) in [6.45, 7) is 1.53. The summed E-state index contributed by atoms with van der Waals surface area (Å²) in [5.74, 6) is 1.86. The molecular weight excluding hydrogens is 250 g/mol. The average Bonchev–Trinajstić information content (AvgIpc) is 3.01. The van der Waals surface area contributed by atoms with E-state index in [1.54, 1.807) is 13.3 Å². The SMILES string of the molecule is COc1ccc(CNCc2ncc[nH]2)c2ccccc12. The van der Waals surface area contributed by atoms with Crippen LogP contribution in [0.5, 0.6) is 5.75 Å². The third-order valence-corrected chi connectivity index (χ3v) is 3.36. The first-order valence-corrected chi connectivity index (χ1v) is 6.62. The summed E-state index contributed by atoms with van der Waals surface area (Å²) < 4.78 is 5.41. The summed E-state index contributed by atoms with van der Waals surface area (Å²) in [6.07, 6.45) is 3.60. The molecule has 2 aromatic carbocycles. The second-order valence-corrected chi connectivity index (χ2v) is 4.61. The third kappa shape index (κ3) is 2.51. The molecule has 4 heteroatoms. The summed E-state index contributed by atoms with van der Waals surface area (Å²) in [5, 5.41) is 5.77. The molecule has 0 aliphatic rings. The van der Waals surface area contributed by atoms with Gasteiger partial charge in [-0.25, -0.2) is 4.98 Å². The zero-order valence-corrected chi connectivity index (χ0v) is 11.4. The summed E-state index contributed by atoms with van der Waals surface area (Å²) in [4.78, 5) is 7.28. The number of aromatic amines is 1. The van der Waals surface area contributed by atoms with Crippen molar-refractivity contribution in [3.05, 3.63) is 60.2 Å². The Bertz CT molecular complexity index is 692. The number of nitrogens with one attached hydrogen (secondary N) is 2. The van der Waals surface area contributed by atoms with Crippen LogP contribution in [0.15, 0.2) is 48.8 Å². The van der Waals surface area contributed by atoms with E-state index in [2.05, 4.69) is 39.6 Å². The van der Waals surface area contributed by atoms with Gasteiger partial charge >= 0.3 is 0 Å². The fourth-order valence-electron chi connectivity index (χ4n) is 2.38. The van der Waals surface area contributed by atoms with Crippen molar-refractivity contribution in [2.45, 2.75) is 13.1 Å². The van der Waals surface area contributed by atoms with E-state index >= 15 is 0 Å². The summed E-state index contributed by atoms with van der Waals surface area (Å²) >= 11 is 0. The molecule has 1 heterocycles. The molecule has 0 aliphatic heterocycles. The number of hydrogen-bond acceptors (Lipinski definition) is 3. The van der Waals surface area contributed by atoms with Gasteiger partial charge in [-0.3, -0.25) is 0 Å². The quantitative estimate of drug-likeness (QED) is 0.747. The normalized spacial score (nSPS) is 10.8. The maximum absolute atomic E-state index is 5.41. The molecule has 0 aliphatic carbocycles. The van der Waals surface area contributed by atoms with Crippen LogP contribution in [-0.2, 0) is 13.1 Å². The van der Waals surface area contributed by atoms with Gasteiger partial charge in [0.1, 0.15) is 11.6 Å². The van der Waals surface area contributed by atoms with E-state index in [0.29, 0.717) is 0 Å². The highest BCUT2D eigenvalue weighted by Crippen LogP contribution is 2.28. The summed E-state index contributed by atoms with van der Waals surface area (Å²) in [6, 6.07) is 12.4. The first kappa shape index (κ1) is 12.7. The van der Waals surface area contributed by atoms with Crippen molar-refractivity contribution in [1.82, 2.24) is 15.3 Å². The van der Waals surface area contributed by atoms with Crippen LogP contribution in [-0.4, -0.2) is 17.1 Å². The smallest absolute Gasteiger partial charge is 0.126 e. The fourth-order valence-corrected chi connectivity index (χ4v) is 2.38. The Morgan fingerprint density at radius 2 is 1.95 bits per heavy atom. The molecule has 20 heavy (non-hydrogen) atoms. The minimum atomic E-state index is 0.730. The lowest BCUT2D eigenvalue weighted by molar-refractivity contribution is 0.419. The fraction of sp³-hybridized carbons (Fsp3) is 0.188. The van der Waals surface area contributed by atoms with E-state index in [-0.39, 0.29) is 0 Å². The first-order chi connectivity index (χ1) is 9.88. The highest BCUT2D eigenvalue weighted by Gasteiger charge is 2.05. The predicted octanol–water partition coefficient (Wildman–Crippen LogP) is 2.86. The Morgan fingerprint density at radius 1 is 1.10 bits per heavy atom. The number of imidazole rings is 1. The molecule has 3 rings (SSSR count). The van der Waals surface area contributed by atoms with Crippen LogP contribution in [0.4, 0.5) is 0 Å².